The van der Waals surface area contributed by atoms with Crippen molar-refractivity contribution in [2.45, 2.75) is 13.3 Å². The highest BCUT2D eigenvalue weighted by atomic mass is 35.5. The number of anilines is 2. The van der Waals surface area contributed by atoms with Crippen molar-refractivity contribution in [3.05, 3.63) is 81.7 Å². The Morgan fingerprint density at radius 1 is 0.913 bits per heavy atom. The van der Waals surface area contributed by atoms with Crippen LogP contribution in [0.5, 0.6) is 17.2 Å². The van der Waals surface area contributed by atoms with E-state index in [4.69, 9.17) is 30.5 Å². The molecule has 12 nitrogen and oxygen atoms in total. The number of carbonyl (C=O) groups is 5. The Hall–Kier alpha value is -5.01. The van der Waals surface area contributed by atoms with Crippen LogP contribution in [0.4, 0.5) is 16.2 Å². The number of nitrogens with one attached hydrogen (secondary N) is 2. The molecule has 0 spiro atoms. The van der Waals surface area contributed by atoms with Crippen molar-refractivity contribution >= 4 is 69.7 Å². The molecule has 46 heavy (non-hydrogen) atoms. The molecule has 2 N–H and O–H groups in total. The summed E-state index contributed by atoms with van der Waals surface area (Å²) < 4.78 is 21.4. The van der Waals surface area contributed by atoms with Gasteiger partial charge in [-0.25, -0.2) is 4.79 Å². The third-order valence-corrected chi connectivity index (χ3v) is 7.54. The molecule has 3 aromatic carbocycles. The predicted octanol–water partition coefficient (Wildman–Crippen LogP) is 5.62. The van der Waals surface area contributed by atoms with Gasteiger partial charge in [0.2, 0.25) is 5.91 Å². The van der Waals surface area contributed by atoms with E-state index in [0.717, 1.165) is 4.90 Å². The Morgan fingerprint density at radius 3 is 2.41 bits per heavy atom. The lowest BCUT2D eigenvalue weighted by atomic mass is 10.2. The van der Waals surface area contributed by atoms with Crippen molar-refractivity contribution in [3.8, 4) is 17.2 Å². The number of thioether (sulfide) groups is 1. The molecular weight excluding hydrogens is 638 g/mol. The first kappa shape index (κ1) is 33.9. The largest absolute Gasteiger partial charge is 0.495 e. The molecule has 1 saturated heterocycles. The molecular formula is C32H30ClN3O9S. The first-order valence-electron chi connectivity index (χ1n) is 13.9. The summed E-state index contributed by atoms with van der Waals surface area (Å²) in [5.41, 5.74) is 1.33. The Balaban J connectivity index is 1.37. The van der Waals surface area contributed by atoms with Gasteiger partial charge >= 0.3 is 5.97 Å². The van der Waals surface area contributed by atoms with Crippen LogP contribution in [0.3, 0.4) is 0 Å². The number of hydrogen-bond acceptors (Lipinski definition) is 10. The van der Waals surface area contributed by atoms with Crippen molar-refractivity contribution in [1.29, 1.82) is 0 Å². The van der Waals surface area contributed by atoms with E-state index in [1.165, 1.54) is 38.5 Å². The van der Waals surface area contributed by atoms with E-state index < -0.39 is 35.5 Å². The van der Waals surface area contributed by atoms with Crippen LogP contribution < -0.4 is 24.8 Å². The van der Waals surface area contributed by atoms with E-state index in [9.17, 15) is 24.0 Å². The SMILES string of the molecule is CCCOC(=O)c1cc(NC(=O)CN2C(=O)S/C(=C\c3ccc(OCC(=O)Nc4ccccc4OC)c(OC)c3)C2=O)ccc1Cl. The zero-order valence-corrected chi connectivity index (χ0v) is 26.7. The molecule has 1 heterocycles. The van der Waals surface area contributed by atoms with Gasteiger partial charge < -0.3 is 29.6 Å². The topological polar surface area (TPSA) is 150 Å². The van der Waals surface area contributed by atoms with Crippen LogP contribution in [0.25, 0.3) is 6.08 Å². The van der Waals surface area contributed by atoms with Gasteiger partial charge in [0.15, 0.2) is 18.1 Å². The standard InChI is InChI=1S/C32H30ClN3O9S/c1-4-13-44-31(40)21-16-20(10-11-22(21)33)34-28(37)17-36-30(39)27(46-32(36)41)15-19-9-12-25(26(14-19)43-3)45-18-29(38)35-23-7-5-6-8-24(23)42-2/h5-12,14-16H,4,13,17-18H2,1-3H3,(H,34,37)(H,35,38)/b27-15-. The third-order valence-electron chi connectivity index (χ3n) is 6.31. The monoisotopic (exact) mass is 667 g/mol. The molecule has 0 aliphatic carbocycles. The van der Waals surface area contributed by atoms with Gasteiger partial charge in [0, 0.05) is 5.69 Å². The average Bonchev–Trinajstić information content (AvgIpc) is 3.30. The van der Waals surface area contributed by atoms with E-state index in [1.54, 1.807) is 42.5 Å². The maximum absolute atomic E-state index is 13.0. The van der Waals surface area contributed by atoms with Gasteiger partial charge in [-0.15, -0.1) is 0 Å². The molecule has 240 valence electrons. The molecule has 0 saturated carbocycles. The maximum atomic E-state index is 13.0. The van der Waals surface area contributed by atoms with E-state index in [2.05, 4.69) is 10.6 Å². The number of ether oxygens (including phenoxy) is 4. The smallest absolute Gasteiger partial charge is 0.339 e. The fourth-order valence-corrected chi connectivity index (χ4v) is 5.17. The number of para-hydroxylation sites is 2. The van der Waals surface area contributed by atoms with Crippen molar-refractivity contribution in [3.63, 3.8) is 0 Å². The summed E-state index contributed by atoms with van der Waals surface area (Å²) in [6, 6.07) is 16.0. The van der Waals surface area contributed by atoms with Gasteiger partial charge in [-0.1, -0.05) is 36.7 Å². The fourth-order valence-electron chi connectivity index (χ4n) is 4.13. The molecule has 0 aromatic heterocycles. The average molecular weight is 668 g/mol. The Labute approximate surface area is 274 Å². The molecule has 1 aliphatic rings. The quantitative estimate of drug-likeness (QED) is 0.174. The van der Waals surface area contributed by atoms with Crippen LogP contribution in [0.15, 0.2) is 65.6 Å². The summed E-state index contributed by atoms with van der Waals surface area (Å²) in [7, 11) is 2.92. The van der Waals surface area contributed by atoms with E-state index >= 15 is 0 Å². The van der Waals surface area contributed by atoms with Crippen LogP contribution in [-0.4, -0.2) is 67.8 Å². The predicted molar refractivity (Wildman–Crippen MR) is 173 cm³/mol. The maximum Gasteiger partial charge on any atom is 0.339 e. The van der Waals surface area contributed by atoms with Crippen LogP contribution >= 0.6 is 23.4 Å². The number of halogens is 1. The summed E-state index contributed by atoms with van der Waals surface area (Å²) >= 11 is 6.78. The summed E-state index contributed by atoms with van der Waals surface area (Å²) in [5.74, 6) is -1.29. The van der Waals surface area contributed by atoms with E-state index in [-0.39, 0.29) is 40.1 Å². The van der Waals surface area contributed by atoms with Crippen molar-refractivity contribution in [2.24, 2.45) is 0 Å². The van der Waals surface area contributed by atoms with E-state index in [1.807, 2.05) is 6.92 Å². The number of esters is 1. The number of amides is 4. The van der Waals surface area contributed by atoms with Gasteiger partial charge in [0.1, 0.15) is 12.3 Å². The summed E-state index contributed by atoms with van der Waals surface area (Å²) in [4.78, 5) is 64.0. The number of imide groups is 1. The van der Waals surface area contributed by atoms with E-state index in [0.29, 0.717) is 40.9 Å². The van der Waals surface area contributed by atoms with Crippen LogP contribution in [0.2, 0.25) is 5.02 Å². The van der Waals surface area contributed by atoms with Crippen LogP contribution in [0.1, 0.15) is 29.3 Å². The lowest BCUT2D eigenvalue weighted by Crippen LogP contribution is -2.36. The zero-order chi connectivity index (χ0) is 33.2. The van der Waals surface area contributed by atoms with Crippen LogP contribution in [-0.2, 0) is 19.1 Å². The molecule has 14 heteroatoms. The van der Waals surface area contributed by atoms with Crippen LogP contribution in [0, 0.1) is 0 Å². The second-order valence-corrected chi connectivity index (χ2v) is 11.0. The molecule has 3 aromatic rings. The van der Waals surface area contributed by atoms with Gasteiger partial charge in [0.05, 0.1) is 42.0 Å². The van der Waals surface area contributed by atoms with Crippen molar-refractivity contribution in [1.82, 2.24) is 4.90 Å². The molecule has 1 fully saturated rings. The number of nitrogens with zero attached hydrogens (tertiary/aromatic N) is 1. The van der Waals surface area contributed by atoms with Gasteiger partial charge in [-0.05, 0) is 72.3 Å². The lowest BCUT2D eigenvalue weighted by molar-refractivity contribution is -0.127. The minimum atomic E-state index is -0.656. The zero-order valence-electron chi connectivity index (χ0n) is 25.1. The summed E-state index contributed by atoms with van der Waals surface area (Å²) in [6.45, 7) is 1.21. The Kier molecular flexibility index (Phi) is 11.7. The molecule has 0 unspecified atom stereocenters. The van der Waals surface area contributed by atoms with Gasteiger partial charge in [0.25, 0.3) is 17.1 Å². The minimum absolute atomic E-state index is 0.0741. The Bertz CT molecular complexity index is 1690. The molecule has 1 aliphatic heterocycles. The third kappa shape index (κ3) is 8.58. The molecule has 4 rings (SSSR count). The molecule has 0 atom stereocenters. The van der Waals surface area contributed by atoms with Gasteiger partial charge in [-0.2, -0.15) is 0 Å². The second-order valence-electron chi connectivity index (χ2n) is 9.59. The summed E-state index contributed by atoms with van der Waals surface area (Å²) in [5, 5.41) is 4.81. The number of hydrogen-bond donors (Lipinski definition) is 2. The number of benzene rings is 3. The highest BCUT2D eigenvalue weighted by molar-refractivity contribution is 8.18. The number of carbonyl (C=O) groups excluding carboxylic acids is 5. The lowest BCUT2D eigenvalue weighted by Gasteiger charge is -2.13. The minimum Gasteiger partial charge on any atom is -0.495 e. The normalized spacial score (nSPS) is 13.4. The van der Waals surface area contributed by atoms with Gasteiger partial charge in [-0.3, -0.25) is 24.1 Å². The second kappa shape index (κ2) is 15.8. The molecule has 0 bridgehead atoms. The summed E-state index contributed by atoms with van der Waals surface area (Å²) in [6.07, 6.45) is 2.11. The number of rotatable bonds is 13. The molecule has 0 radical (unpaired) electrons. The van der Waals surface area contributed by atoms with Crippen molar-refractivity contribution in [2.75, 3.05) is 44.6 Å². The highest BCUT2D eigenvalue weighted by Gasteiger charge is 2.36. The first-order valence-corrected chi connectivity index (χ1v) is 15.1. The molecule has 4 amide bonds. The first-order chi connectivity index (χ1) is 22.1. The van der Waals surface area contributed by atoms with Crippen molar-refractivity contribution < 1.29 is 42.9 Å². The fraction of sp³-hybridized carbons (Fsp3) is 0.219. The highest BCUT2D eigenvalue weighted by Crippen LogP contribution is 2.35. The number of methoxy groups -OCH3 is 2. The Morgan fingerprint density at radius 2 is 1.67 bits per heavy atom.